The predicted molar refractivity (Wildman–Crippen MR) is 85.8 cm³/mol. The first-order valence-electron chi connectivity index (χ1n) is 8.02. The number of pyridine rings is 1. The monoisotopic (exact) mass is 289 g/mol. The minimum atomic E-state index is -0.129. The average molecular weight is 289 g/mol. The van der Waals surface area contributed by atoms with E-state index < -0.39 is 0 Å². The molecule has 0 amide bonds. The van der Waals surface area contributed by atoms with E-state index in [1.54, 1.807) is 12.4 Å². The van der Waals surface area contributed by atoms with Gasteiger partial charge in [-0.25, -0.2) is 0 Å². The van der Waals surface area contributed by atoms with Crippen LogP contribution in [0.15, 0.2) is 36.7 Å². The van der Waals surface area contributed by atoms with Gasteiger partial charge in [-0.05, 0) is 31.7 Å². The molecule has 1 heterocycles. The van der Waals surface area contributed by atoms with Gasteiger partial charge in [-0.2, -0.15) is 0 Å². The normalized spacial score (nSPS) is 10.9. The van der Waals surface area contributed by atoms with Crippen molar-refractivity contribution in [1.82, 2.24) is 4.98 Å². The smallest absolute Gasteiger partial charge is 0.306 e. The Kier molecular flexibility index (Phi) is 10.1. The molecule has 3 nitrogen and oxygen atoms in total. The summed E-state index contributed by atoms with van der Waals surface area (Å²) in [4.78, 5) is 15.5. The van der Waals surface area contributed by atoms with Gasteiger partial charge in [-0.15, -0.1) is 0 Å². The zero-order valence-electron chi connectivity index (χ0n) is 13.1. The van der Waals surface area contributed by atoms with Crippen molar-refractivity contribution in [3.8, 4) is 0 Å². The molecule has 0 aliphatic carbocycles. The summed E-state index contributed by atoms with van der Waals surface area (Å²) in [7, 11) is 0. The van der Waals surface area contributed by atoms with Gasteiger partial charge in [-0.3, -0.25) is 9.78 Å². The summed E-state index contributed by atoms with van der Waals surface area (Å²) in [6.07, 6.45) is 16.5. The number of carbonyl (C=O) groups is 1. The number of hydrogen-bond acceptors (Lipinski definition) is 3. The number of unbranched alkanes of at least 4 members (excludes halogenated alkanes) is 5. The lowest BCUT2D eigenvalue weighted by molar-refractivity contribution is -0.145. The van der Waals surface area contributed by atoms with Crippen molar-refractivity contribution < 1.29 is 9.53 Å². The van der Waals surface area contributed by atoms with Gasteiger partial charge in [0, 0.05) is 24.4 Å². The van der Waals surface area contributed by atoms with Crippen LogP contribution in [0.4, 0.5) is 0 Å². The fraction of sp³-hybridized carbons (Fsp3) is 0.556. The molecule has 0 aliphatic rings. The van der Waals surface area contributed by atoms with E-state index in [-0.39, 0.29) is 5.97 Å². The number of aromatic nitrogens is 1. The van der Waals surface area contributed by atoms with Crippen molar-refractivity contribution in [1.29, 1.82) is 0 Å². The Morgan fingerprint density at radius 2 is 2.00 bits per heavy atom. The molecular formula is C18H27NO2. The quantitative estimate of drug-likeness (QED) is 0.333. The van der Waals surface area contributed by atoms with Crippen LogP contribution in [0.1, 0.15) is 63.9 Å². The van der Waals surface area contributed by atoms with Gasteiger partial charge in [-0.1, -0.05) is 44.4 Å². The first-order chi connectivity index (χ1) is 10.3. The first-order valence-corrected chi connectivity index (χ1v) is 8.02. The molecule has 0 unspecified atom stereocenters. The lowest BCUT2D eigenvalue weighted by Gasteiger charge is -2.03. The van der Waals surface area contributed by atoms with Crippen molar-refractivity contribution >= 4 is 5.97 Å². The molecule has 21 heavy (non-hydrogen) atoms. The van der Waals surface area contributed by atoms with Gasteiger partial charge < -0.3 is 4.74 Å². The summed E-state index contributed by atoms with van der Waals surface area (Å²) in [5.41, 5.74) is 0.929. The summed E-state index contributed by atoms with van der Waals surface area (Å²) in [6, 6.07) is 3.75. The summed E-state index contributed by atoms with van der Waals surface area (Å²) in [5, 5.41) is 0. The molecule has 0 atom stereocenters. The largest absolute Gasteiger partial charge is 0.461 e. The topological polar surface area (TPSA) is 39.2 Å². The van der Waals surface area contributed by atoms with Gasteiger partial charge in [0.2, 0.25) is 0 Å². The molecule has 0 aromatic carbocycles. The summed E-state index contributed by atoms with van der Waals surface area (Å²) >= 11 is 0. The number of ether oxygens (including phenoxy) is 1. The molecule has 0 bridgehead atoms. The fourth-order valence-corrected chi connectivity index (χ4v) is 2.01. The van der Waals surface area contributed by atoms with Crippen LogP contribution in [0.2, 0.25) is 0 Å². The third kappa shape index (κ3) is 9.83. The van der Waals surface area contributed by atoms with Crippen LogP contribution in [-0.4, -0.2) is 11.0 Å². The Hall–Kier alpha value is -1.64. The summed E-state index contributed by atoms with van der Waals surface area (Å²) in [5.74, 6) is -0.129. The number of carbonyl (C=O) groups excluding carboxylic acids is 1. The molecule has 3 heteroatoms. The maximum atomic E-state index is 11.6. The van der Waals surface area contributed by atoms with E-state index in [1.807, 2.05) is 12.1 Å². The lowest BCUT2D eigenvalue weighted by atomic mass is 10.1. The Morgan fingerprint density at radius 1 is 1.19 bits per heavy atom. The molecule has 0 N–H and O–H groups in total. The van der Waals surface area contributed by atoms with Crippen LogP contribution in [0.25, 0.3) is 0 Å². The van der Waals surface area contributed by atoms with Gasteiger partial charge in [0.05, 0.1) is 0 Å². The van der Waals surface area contributed by atoms with Gasteiger partial charge >= 0.3 is 5.97 Å². The van der Waals surface area contributed by atoms with E-state index >= 15 is 0 Å². The molecule has 1 rings (SSSR count). The number of allylic oxidation sites excluding steroid dienone is 2. The van der Waals surface area contributed by atoms with Crippen molar-refractivity contribution in [3.05, 3.63) is 42.2 Å². The Bertz CT molecular complexity index is 401. The second kappa shape index (κ2) is 12.1. The minimum Gasteiger partial charge on any atom is -0.461 e. The highest BCUT2D eigenvalue weighted by Crippen LogP contribution is 2.06. The Labute approximate surface area is 128 Å². The van der Waals surface area contributed by atoms with Gasteiger partial charge in [0.15, 0.2) is 0 Å². The van der Waals surface area contributed by atoms with Crippen LogP contribution in [-0.2, 0) is 16.1 Å². The zero-order chi connectivity index (χ0) is 15.2. The van der Waals surface area contributed by atoms with E-state index in [1.165, 1.54) is 25.7 Å². The maximum absolute atomic E-state index is 11.6. The van der Waals surface area contributed by atoms with E-state index in [9.17, 15) is 4.79 Å². The zero-order valence-corrected chi connectivity index (χ0v) is 13.1. The van der Waals surface area contributed by atoms with E-state index in [0.29, 0.717) is 13.0 Å². The van der Waals surface area contributed by atoms with E-state index in [0.717, 1.165) is 24.8 Å². The molecule has 0 spiro atoms. The van der Waals surface area contributed by atoms with Crippen molar-refractivity contribution in [2.75, 3.05) is 0 Å². The molecule has 0 aliphatic heterocycles. The Morgan fingerprint density at radius 3 is 2.71 bits per heavy atom. The number of esters is 1. The molecule has 1 aromatic rings. The number of hydrogen-bond donors (Lipinski definition) is 0. The molecule has 1 aromatic heterocycles. The van der Waals surface area contributed by atoms with Crippen LogP contribution >= 0.6 is 0 Å². The van der Waals surface area contributed by atoms with Crippen LogP contribution in [0.3, 0.4) is 0 Å². The molecular weight excluding hydrogens is 262 g/mol. The molecule has 0 saturated heterocycles. The summed E-state index contributed by atoms with van der Waals surface area (Å²) < 4.78 is 5.20. The van der Waals surface area contributed by atoms with E-state index in [4.69, 9.17) is 4.74 Å². The summed E-state index contributed by atoms with van der Waals surface area (Å²) in [6.45, 7) is 2.54. The van der Waals surface area contributed by atoms with Crippen molar-refractivity contribution in [3.63, 3.8) is 0 Å². The third-order valence-corrected chi connectivity index (χ3v) is 3.27. The SMILES string of the molecule is CCCCCC/C=C\CCCC(=O)OCc1cccnc1. The second-order valence-corrected chi connectivity index (χ2v) is 5.23. The fourth-order valence-electron chi connectivity index (χ4n) is 2.01. The van der Waals surface area contributed by atoms with E-state index in [2.05, 4.69) is 24.1 Å². The number of rotatable bonds is 11. The molecule has 0 fully saturated rings. The highest BCUT2D eigenvalue weighted by Gasteiger charge is 2.02. The minimum absolute atomic E-state index is 0.129. The van der Waals surface area contributed by atoms with Crippen molar-refractivity contribution in [2.45, 2.75) is 64.9 Å². The lowest BCUT2D eigenvalue weighted by Crippen LogP contribution is -2.04. The maximum Gasteiger partial charge on any atom is 0.306 e. The third-order valence-electron chi connectivity index (χ3n) is 3.27. The Balaban J connectivity index is 1.97. The van der Waals surface area contributed by atoms with Gasteiger partial charge in [0.25, 0.3) is 0 Å². The van der Waals surface area contributed by atoms with Crippen LogP contribution < -0.4 is 0 Å². The predicted octanol–water partition coefficient (Wildman–Crippen LogP) is 4.82. The molecule has 116 valence electrons. The van der Waals surface area contributed by atoms with Gasteiger partial charge in [0.1, 0.15) is 6.61 Å². The molecule has 0 saturated carbocycles. The number of nitrogens with zero attached hydrogens (tertiary/aromatic N) is 1. The van der Waals surface area contributed by atoms with Crippen LogP contribution in [0.5, 0.6) is 0 Å². The highest BCUT2D eigenvalue weighted by molar-refractivity contribution is 5.69. The highest BCUT2D eigenvalue weighted by atomic mass is 16.5. The first kappa shape index (κ1) is 17.4. The molecule has 0 radical (unpaired) electrons. The average Bonchev–Trinajstić information content (AvgIpc) is 2.52. The standard InChI is InChI=1S/C18H27NO2/c1-2-3-4-5-6-7-8-9-10-13-18(20)21-16-17-12-11-14-19-15-17/h7-8,11-12,14-15H,2-6,9-10,13,16H2,1H3/b8-7-. The van der Waals surface area contributed by atoms with Crippen molar-refractivity contribution in [2.24, 2.45) is 0 Å². The second-order valence-electron chi connectivity index (χ2n) is 5.23. The van der Waals surface area contributed by atoms with Crippen LogP contribution in [0, 0.1) is 0 Å².